The molecule has 0 aromatic heterocycles. The number of para-hydroxylation sites is 1. The molecule has 0 aliphatic carbocycles. The Kier molecular flexibility index (Phi) is 4.86. The molecule has 2 amide bonds. The number of amides is 2. The van der Waals surface area contributed by atoms with Crippen LogP contribution in [-0.2, 0) is 9.59 Å². The Morgan fingerprint density at radius 2 is 1.96 bits per heavy atom. The fourth-order valence-electron chi connectivity index (χ4n) is 2.20. The average molecular weight is 340 g/mol. The Morgan fingerprint density at radius 1 is 1.21 bits per heavy atom. The quantitative estimate of drug-likeness (QED) is 0.834. The Bertz CT molecular complexity index is 800. The maximum atomic E-state index is 12.1. The van der Waals surface area contributed by atoms with Crippen molar-refractivity contribution in [3.8, 4) is 5.75 Å². The van der Waals surface area contributed by atoms with E-state index in [-0.39, 0.29) is 11.8 Å². The van der Waals surface area contributed by atoms with Crippen molar-refractivity contribution in [1.29, 1.82) is 0 Å². The van der Waals surface area contributed by atoms with Gasteiger partial charge in [0, 0.05) is 16.7 Å². The molecule has 3 rings (SSSR count). The fourth-order valence-corrected chi connectivity index (χ4v) is 3.12. The summed E-state index contributed by atoms with van der Waals surface area (Å²) in [7, 11) is 0. The monoisotopic (exact) mass is 340 g/mol. The van der Waals surface area contributed by atoms with Gasteiger partial charge in [0.2, 0.25) is 5.91 Å². The van der Waals surface area contributed by atoms with Crippen LogP contribution >= 0.6 is 11.8 Å². The Labute approximate surface area is 144 Å². The van der Waals surface area contributed by atoms with Crippen LogP contribution < -0.4 is 15.4 Å². The van der Waals surface area contributed by atoms with E-state index in [4.69, 9.17) is 4.74 Å². The van der Waals surface area contributed by atoms with Gasteiger partial charge in [0.25, 0.3) is 5.91 Å². The van der Waals surface area contributed by atoms with Crippen LogP contribution in [0.1, 0.15) is 6.92 Å². The molecule has 122 valence electrons. The lowest BCUT2D eigenvalue weighted by Gasteiger charge is -2.18. The predicted molar refractivity (Wildman–Crippen MR) is 95.3 cm³/mol. The molecule has 2 aromatic carbocycles. The van der Waals surface area contributed by atoms with E-state index < -0.39 is 0 Å². The van der Waals surface area contributed by atoms with Gasteiger partial charge in [-0.05, 0) is 43.3 Å². The summed E-state index contributed by atoms with van der Waals surface area (Å²) in [4.78, 5) is 25.5. The largest absolute Gasteiger partial charge is 0.494 e. The number of ether oxygens (including phenoxy) is 1. The molecule has 0 bridgehead atoms. The summed E-state index contributed by atoms with van der Waals surface area (Å²) in [6.45, 7) is 2.50. The summed E-state index contributed by atoms with van der Waals surface area (Å²) in [5.74, 6) is 0.115. The van der Waals surface area contributed by atoms with E-state index in [9.17, 15) is 9.59 Å². The molecule has 0 unspecified atom stereocenters. The van der Waals surface area contributed by atoms with Crippen molar-refractivity contribution in [2.24, 2.45) is 0 Å². The molecule has 24 heavy (non-hydrogen) atoms. The van der Waals surface area contributed by atoms with Crippen molar-refractivity contribution in [2.45, 2.75) is 11.8 Å². The zero-order chi connectivity index (χ0) is 16.9. The molecule has 0 saturated carbocycles. The topological polar surface area (TPSA) is 67.4 Å². The lowest BCUT2D eigenvalue weighted by atomic mass is 10.3. The van der Waals surface area contributed by atoms with Crippen LogP contribution in [-0.4, -0.2) is 18.4 Å². The van der Waals surface area contributed by atoms with Crippen molar-refractivity contribution in [3.05, 3.63) is 59.5 Å². The molecule has 0 spiro atoms. The van der Waals surface area contributed by atoms with Gasteiger partial charge in [-0.15, -0.1) is 0 Å². The van der Waals surface area contributed by atoms with Gasteiger partial charge in [-0.1, -0.05) is 23.9 Å². The molecule has 2 N–H and O–H groups in total. The third-order valence-corrected chi connectivity index (χ3v) is 4.37. The van der Waals surface area contributed by atoms with E-state index in [1.165, 1.54) is 17.8 Å². The third kappa shape index (κ3) is 3.78. The number of thioether (sulfide) groups is 1. The van der Waals surface area contributed by atoms with Crippen molar-refractivity contribution in [1.82, 2.24) is 0 Å². The predicted octanol–water partition coefficient (Wildman–Crippen LogP) is 3.65. The van der Waals surface area contributed by atoms with Crippen LogP contribution in [0.5, 0.6) is 5.75 Å². The highest BCUT2D eigenvalue weighted by molar-refractivity contribution is 8.04. The van der Waals surface area contributed by atoms with Crippen LogP contribution in [0, 0.1) is 0 Å². The van der Waals surface area contributed by atoms with Crippen LogP contribution in [0.15, 0.2) is 64.4 Å². The maximum absolute atomic E-state index is 12.1. The zero-order valence-electron chi connectivity index (χ0n) is 13.0. The Morgan fingerprint density at radius 3 is 2.71 bits per heavy atom. The molecule has 2 aromatic rings. The molecule has 1 aliphatic heterocycles. The molecule has 0 fully saturated rings. The van der Waals surface area contributed by atoms with E-state index in [1.807, 2.05) is 31.2 Å². The molecule has 0 radical (unpaired) electrons. The zero-order valence-corrected chi connectivity index (χ0v) is 13.9. The van der Waals surface area contributed by atoms with Gasteiger partial charge in [0.1, 0.15) is 5.75 Å². The van der Waals surface area contributed by atoms with Crippen molar-refractivity contribution < 1.29 is 14.3 Å². The number of fused-ring (bicyclic) bond motifs is 1. The van der Waals surface area contributed by atoms with Gasteiger partial charge in [0.15, 0.2) is 0 Å². The summed E-state index contributed by atoms with van der Waals surface area (Å²) < 4.78 is 5.35. The van der Waals surface area contributed by atoms with E-state index in [2.05, 4.69) is 10.6 Å². The summed E-state index contributed by atoms with van der Waals surface area (Å²) in [5, 5.41) is 5.51. The maximum Gasteiger partial charge on any atom is 0.262 e. The minimum atomic E-state index is -0.351. The lowest BCUT2D eigenvalue weighted by molar-refractivity contribution is -0.114. The number of carbonyl (C=O) groups excluding carboxylic acids is 2. The fraction of sp³-hybridized carbons (Fsp3) is 0.111. The summed E-state index contributed by atoms with van der Waals surface area (Å²) in [5.41, 5.74) is 1.40. The molecule has 6 heteroatoms. The number of anilines is 2. The normalized spacial score (nSPS) is 14.7. The standard InChI is InChI=1S/C18H16N2O3S/c1-2-23-13-9-7-12(8-10-13)19-17(21)11-16-18(22)20-14-5-3-4-6-15(14)24-16/h3-11H,2H2,1H3,(H,19,21)(H,20,22)/b16-11-. The second kappa shape index (κ2) is 7.23. The summed E-state index contributed by atoms with van der Waals surface area (Å²) in [6, 6.07) is 14.5. The van der Waals surface area contributed by atoms with E-state index in [0.29, 0.717) is 17.2 Å². The number of rotatable bonds is 4. The summed E-state index contributed by atoms with van der Waals surface area (Å²) in [6.07, 6.45) is 1.31. The first-order valence-corrected chi connectivity index (χ1v) is 8.31. The molecular weight excluding hydrogens is 324 g/mol. The molecular formula is C18H16N2O3S. The van der Waals surface area contributed by atoms with E-state index in [1.54, 1.807) is 24.3 Å². The molecule has 1 heterocycles. The van der Waals surface area contributed by atoms with Crippen LogP contribution in [0.25, 0.3) is 0 Å². The van der Waals surface area contributed by atoms with Gasteiger partial charge in [0.05, 0.1) is 17.2 Å². The van der Waals surface area contributed by atoms with E-state index >= 15 is 0 Å². The van der Waals surface area contributed by atoms with Gasteiger partial charge < -0.3 is 15.4 Å². The van der Waals surface area contributed by atoms with Crippen molar-refractivity contribution in [2.75, 3.05) is 17.2 Å². The van der Waals surface area contributed by atoms with Crippen molar-refractivity contribution >= 4 is 35.0 Å². The first-order valence-electron chi connectivity index (χ1n) is 7.49. The second-order valence-electron chi connectivity index (χ2n) is 5.01. The first-order chi connectivity index (χ1) is 11.7. The SMILES string of the molecule is CCOc1ccc(NC(=O)/C=C2\Sc3ccccc3NC2=O)cc1. The molecule has 0 atom stereocenters. The average Bonchev–Trinajstić information content (AvgIpc) is 2.57. The molecule has 1 aliphatic rings. The minimum Gasteiger partial charge on any atom is -0.494 e. The van der Waals surface area contributed by atoms with Crippen LogP contribution in [0.2, 0.25) is 0 Å². The minimum absolute atomic E-state index is 0.277. The Hall–Kier alpha value is -2.73. The molecule has 0 saturated heterocycles. The lowest BCUT2D eigenvalue weighted by Crippen LogP contribution is -2.19. The van der Waals surface area contributed by atoms with Gasteiger partial charge in [-0.2, -0.15) is 0 Å². The third-order valence-electron chi connectivity index (χ3n) is 3.27. The smallest absolute Gasteiger partial charge is 0.262 e. The van der Waals surface area contributed by atoms with Crippen LogP contribution in [0.4, 0.5) is 11.4 Å². The second-order valence-corrected chi connectivity index (χ2v) is 6.09. The highest BCUT2D eigenvalue weighted by atomic mass is 32.2. The first kappa shape index (κ1) is 16.1. The van der Waals surface area contributed by atoms with Crippen molar-refractivity contribution in [3.63, 3.8) is 0 Å². The molecule has 5 nitrogen and oxygen atoms in total. The van der Waals surface area contributed by atoms with Gasteiger partial charge >= 0.3 is 0 Å². The highest BCUT2D eigenvalue weighted by Gasteiger charge is 2.21. The summed E-state index contributed by atoms with van der Waals surface area (Å²) >= 11 is 1.28. The van der Waals surface area contributed by atoms with Gasteiger partial charge in [-0.25, -0.2) is 0 Å². The Balaban J connectivity index is 1.69. The number of benzene rings is 2. The number of carbonyl (C=O) groups is 2. The van der Waals surface area contributed by atoms with E-state index in [0.717, 1.165) is 16.3 Å². The highest BCUT2D eigenvalue weighted by Crippen LogP contribution is 2.37. The van der Waals surface area contributed by atoms with Gasteiger partial charge in [-0.3, -0.25) is 9.59 Å². The number of hydrogen-bond donors (Lipinski definition) is 2. The number of hydrogen-bond acceptors (Lipinski definition) is 4. The number of nitrogens with one attached hydrogen (secondary N) is 2. The van der Waals surface area contributed by atoms with Crippen LogP contribution in [0.3, 0.4) is 0 Å².